The Kier molecular flexibility index (Phi) is 3.24. The normalized spacial score (nSPS) is 26.1. The third-order valence-corrected chi connectivity index (χ3v) is 4.34. The van der Waals surface area contributed by atoms with Crippen LogP contribution >= 0.6 is 22.9 Å². The first kappa shape index (κ1) is 11.9. The first-order chi connectivity index (χ1) is 7.49. The second-order valence-electron chi connectivity index (χ2n) is 4.56. The minimum absolute atomic E-state index is 0.582. The number of carbonyl (C=O) groups is 1. The van der Waals surface area contributed by atoms with Crippen LogP contribution in [0, 0.1) is 5.41 Å². The molecular formula is C11H14ClNO2S. The van der Waals surface area contributed by atoms with E-state index in [2.05, 4.69) is 4.90 Å². The lowest BCUT2D eigenvalue weighted by atomic mass is 9.90. The molecule has 0 amide bonds. The van der Waals surface area contributed by atoms with Crippen molar-refractivity contribution in [1.29, 1.82) is 0 Å². The lowest BCUT2D eigenvalue weighted by molar-refractivity contribution is -0.147. The Morgan fingerprint density at radius 2 is 2.50 bits per heavy atom. The van der Waals surface area contributed by atoms with Crippen LogP contribution in [0.15, 0.2) is 11.4 Å². The second kappa shape index (κ2) is 4.35. The van der Waals surface area contributed by atoms with Crippen LogP contribution in [0.5, 0.6) is 0 Å². The predicted octanol–water partition coefficient (Wildman–Crippen LogP) is 2.70. The predicted molar refractivity (Wildman–Crippen MR) is 65.0 cm³/mol. The molecule has 1 fully saturated rings. The molecule has 1 atom stereocenters. The number of halogens is 1. The summed E-state index contributed by atoms with van der Waals surface area (Å²) in [6.45, 7) is 4.09. The molecule has 1 aromatic heterocycles. The zero-order chi connectivity index (χ0) is 11.8. The Bertz CT molecular complexity index is 406. The van der Waals surface area contributed by atoms with Crippen molar-refractivity contribution < 1.29 is 9.90 Å². The lowest BCUT2D eigenvalue weighted by Crippen LogP contribution is -2.31. The van der Waals surface area contributed by atoms with Gasteiger partial charge >= 0.3 is 5.97 Å². The number of thiophene rings is 1. The highest BCUT2D eigenvalue weighted by atomic mass is 35.5. The number of hydrogen-bond acceptors (Lipinski definition) is 3. The van der Waals surface area contributed by atoms with E-state index in [1.165, 1.54) is 4.88 Å². The third-order valence-electron chi connectivity index (χ3n) is 3.07. The van der Waals surface area contributed by atoms with Gasteiger partial charge in [0.1, 0.15) is 0 Å². The van der Waals surface area contributed by atoms with Gasteiger partial charge in [-0.3, -0.25) is 9.69 Å². The van der Waals surface area contributed by atoms with Crippen LogP contribution in [0.25, 0.3) is 0 Å². The minimum Gasteiger partial charge on any atom is -0.481 e. The van der Waals surface area contributed by atoms with Crippen molar-refractivity contribution in [2.75, 3.05) is 13.1 Å². The van der Waals surface area contributed by atoms with E-state index >= 15 is 0 Å². The van der Waals surface area contributed by atoms with Gasteiger partial charge in [0, 0.05) is 23.3 Å². The molecule has 16 heavy (non-hydrogen) atoms. The number of likely N-dealkylation sites (tertiary alicyclic amines) is 1. The Morgan fingerprint density at radius 1 is 1.75 bits per heavy atom. The van der Waals surface area contributed by atoms with E-state index in [1.54, 1.807) is 11.3 Å². The Hall–Kier alpha value is -0.580. The number of nitrogens with zero attached hydrogens (tertiary/aromatic N) is 1. The molecule has 0 spiro atoms. The summed E-state index contributed by atoms with van der Waals surface area (Å²) < 4.78 is 0. The van der Waals surface area contributed by atoms with Crippen LogP contribution in [0.3, 0.4) is 0 Å². The van der Waals surface area contributed by atoms with E-state index in [4.69, 9.17) is 16.7 Å². The van der Waals surface area contributed by atoms with Gasteiger partial charge in [-0.1, -0.05) is 11.6 Å². The maximum atomic E-state index is 11.1. The second-order valence-corrected chi connectivity index (χ2v) is 5.99. The molecule has 1 aliphatic rings. The van der Waals surface area contributed by atoms with E-state index in [9.17, 15) is 4.79 Å². The van der Waals surface area contributed by atoms with E-state index in [0.717, 1.165) is 24.5 Å². The molecule has 1 saturated heterocycles. The van der Waals surface area contributed by atoms with E-state index in [1.807, 2.05) is 18.4 Å². The highest BCUT2D eigenvalue weighted by molar-refractivity contribution is 7.10. The molecule has 3 nitrogen and oxygen atoms in total. The van der Waals surface area contributed by atoms with Crippen LogP contribution < -0.4 is 0 Å². The molecule has 0 saturated carbocycles. The molecule has 1 unspecified atom stereocenters. The number of carboxylic acids is 1. The van der Waals surface area contributed by atoms with Gasteiger partial charge in [-0.05, 0) is 26.0 Å². The Morgan fingerprint density at radius 3 is 3.00 bits per heavy atom. The van der Waals surface area contributed by atoms with Gasteiger partial charge in [0.2, 0.25) is 0 Å². The molecule has 2 rings (SSSR count). The lowest BCUT2D eigenvalue weighted by Gasteiger charge is -2.19. The summed E-state index contributed by atoms with van der Waals surface area (Å²) in [5.74, 6) is -0.695. The zero-order valence-corrected chi connectivity index (χ0v) is 10.6. The first-order valence-electron chi connectivity index (χ1n) is 5.18. The fraction of sp³-hybridized carbons (Fsp3) is 0.545. The molecule has 5 heteroatoms. The fourth-order valence-electron chi connectivity index (χ4n) is 2.02. The van der Waals surface area contributed by atoms with Crippen LogP contribution in [-0.4, -0.2) is 29.1 Å². The van der Waals surface area contributed by atoms with Gasteiger partial charge in [-0.2, -0.15) is 0 Å². The summed E-state index contributed by atoms with van der Waals surface area (Å²) in [6, 6.07) is 1.95. The molecule has 2 heterocycles. The summed E-state index contributed by atoms with van der Waals surface area (Å²) in [5.41, 5.74) is -0.582. The van der Waals surface area contributed by atoms with Gasteiger partial charge in [0.25, 0.3) is 0 Å². The molecule has 0 aliphatic carbocycles. The topological polar surface area (TPSA) is 40.5 Å². The van der Waals surface area contributed by atoms with Crippen molar-refractivity contribution in [2.45, 2.75) is 19.9 Å². The summed E-state index contributed by atoms with van der Waals surface area (Å²) >= 11 is 7.47. The third kappa shape index (κ3) is 2.39. The number of carboxylic acid groups (broad SMARTS) is 1. The number of aliphatic carboxylic acids is 1. The summed E-state index contributed by atoms with van der Waals surface area (Å²) in [5, 5.41) is 11.8. The highest BCUT2D eigenvalue weighted by Gasteiger charge is 2.40. The van der Waals surface area contributed by atoms with E-state index < -0.39 is 11.4 Å². The summed E-state index contributed by atoms with van der Waals surface area (Å²) in [7, 11) is 0. The van der Waals surface area contributed by atoms with E-state index in [0.29, 0.717) is 6.54 Å². The first-order valence-corrected chi connectivity index (χ1v) is 6.44. The standard InChI is InChI=1S/C11H14ClNO2S/c1-11(10(14)15)2-3-13(7-11)5-9-4-8(12)6-16-9/h4,6H,2-3,5,7H2,1H3,(H,14,15). The quantitative estimate of drug-likeness (QED) is 0.907. The largest absolute Gasteiger partial charge is 0.481 e. The van der Waals surface area contributed by atoms with E-state index in [-0.39, 0.29) is 0 Å². The van der Waals surface area contributed by atoms with Crippen LogP contribution in [-0.2, 0) is 11.3 Å². The highest BCUT2D eigenvalue weighted by Crippen LogP contribution is 2.32. The molecule has 0 radical (unpaired) electrons. The maximum Gasteiger partial charge on any atom is 0.310 e. The molecule has 0 aromatic carbocycles. The molecular weight excluding hydrogens is 246 g/mol. The Balaban J connectivity index is 1.97. The summed E-state index contributed by atoms with van der Waals surface area (Å²) in [6.07, 6.45) is 0.724. The molecule has 0 bridgehead atoms. The van der Waals surface area contributed by atoms with Gasteiger partial charge in [0.05, 0.1) is 10.4 Å². The average Bonchev–Trinajstić information content (AvgIpc) is 2.75. The van der Waals surface area contributed by atoms with Gasteiger partial charge in [0.15, 0.2) is 0 Å². The number of rotatable bonds is 3. The van der Waals surface area contributed by atoms with Crippen molar-refractivity contribution >= 4 is 28.9 Å². The number of hydrogen-bond donors (Lipinski definition) is 1. The smallest absolute Gasteiger partial charge is 0.310 e. The van der Waals surface area contributed by atoms with Crippen LogP contribution in [0.4, 0.5) is 0 Å². The fourth-order valence-corrected chi connectivity index (χ4v) is 3.14. The van der Waals surface area contributed by atoms with Crippen LogP contribution in [0.2, 0.25) is 5.02 Å². The van der Waals surface area contributed by atoms with Gasteiger partial charge < -0.3 is 5.11 Å². The molecule has 1 aromatic rings. The van der Waals surface area contributed by atoms with Crippen molar-refractivity contribution in [1.82, 2.24) is 4.90 Å². The monoisotopic (exact) mass is 259 g/mol. The van der Waals surface area contributed by atoms with Crippen molar-refractivity contribution in [3.8, 4) is 0 Å². The van der Waals surface area contributed by atoms with Gasteiger partial charge in [-0.15, -0.1) is 11.3 Å². The average molecular weight is 260 g/mol. The Labute approximate surface area is 104 Å². The molecule has 1 N–H and O–H groups in total. The molecule has 88 valence electrons. The molecule has 1 aliphatic heterocycles. The SMILES string of the molecule is CC1(C(=O)O)CCN(Cc2cc(Cl)cs2)C1. The van der Waals surface area contributed by atoms with Crippen molar-refractivity contribution in [3.05, 3.63) is 21.3 Å². The van der Waals surface area contributed by atoms with Crippen LogP contribution in [0.1, 0.15) is 18.2 Å². The summed E-state index contributed by atoms with van der Waals surface area (Å²) in [4.78, 5) is 14.5. The van der Waals surface area contributed by atoms with Crippen molar-refractivity contribution in [2.24, 2.45) is 5.41 Å². The van der Waals surface area contributed by atoms with Gasteiger partial charge in [-0.25, -0.2) is 0 Å². The maximum absolute atomic E-state index is 11.1. The van der Waals surface area contributed by atoms with Crippen molar-refractivity contribution in [3.63, 3.8) is 0 Å². The minimum atomic E-state index is -0.695. The zero-order valence-electron chi connectivity index (χ0n) is 9.07.